The second kappa shape index (κ2) is 3.31. The van der Waals surface area contributed by atoms with E-state index in [-0.39, 0.29) is 0 Å². The van der Waals surface area contributed by atoms with Crippen molar-refractivity contribution >= 4 is 17.3 Å². The number of aromatic carboxylic acids is 1. The van der Waals surface area contributed by atoms with Gasteiger partial charge in [0.2, 0.25) is 0 Å². The molecular formula is C10H8O3S. The highest BCUT2D eigenvalue weighted by atomic mass is 32.1. The molecule has 0 aliphatic rings. The van der Waals surface area contributed by atoms with E-state index in [9.17, 15) is 4.79 Å². The fourth-order valence-electron chi connectivity index (χ4n) is 1.15. The van der Waals surface area contributed by atoms with Crippen molar-refractivity contribution in [1.29, 1.82) is 0 Å². The lowest BCUT2D eigenvalue weighted by Gasteiger charge is -1.88. The van der Waals surface area contributed by atoms with E-state index < -0.39 is 5.97 Å². The van der Waals surface area contributed by atoms with Gasteiger partial charge in [-0.05, 0) is 31.2 Å². The molecule has 2 rings (SSSR count). The molecule has 4 heteroatoms. The summed E-state index contributed by atoms with van der Waals surface area (Å²) >= 11 is 1.21. The molecule has 0 aliphatic carbocycles. The summed E-state index contributed by atoms with van der Waals surface area (Å²) in [6.07, 6.45) is 0. The van der Waals surface area contributed by atoms with Gasteiger partial charge in [-0.3, -0.25) is 0 Å². The second-order valence-corrected chi connectivity index (χ2v) is 3.96. The van der Waals surface area contributed by atoms with Crippen molar-refractivity contribution in [2.45, 2.75) is 6.92 Å². The SMILES string of the molecule is Cc1ccc(-c2ccc(C(=O)O)s2)o1. The summed E-state index contributed by atoms with van der Waals surface area (Å²) in [6, 6.07) is 7.04. The van der Waals surface area contributed by atoms with Crippen molar-refractivity contribution < 1.29 is 14.3 Å². The predicted octanol–water partition coefficient (Wildman–Crippen LogP) is 3.01. The maximum Gasteiger partial charge on any atom is 0.345 e. The average Bonchev–Trinajstić information content (AvgIpc) is 2.70. The van der Waals surface area contributed by atoms with E-state index in [4.69, 9.17) is 9.52 Å². The molecule has 0 aromatic carbocycles. The Hall–Kier alpha value is -1.55. The van der Waals surface area contributed by atoms with Crippen LogP contribution >= 0.6 is 11.3 Å². The van der Waals surface area contributed by atoms with Crippen molar-refractivity contribution in [3.05, 3.63) is 34.9 Å². The minimum absolute atomic E-state index is 0.328. The second-order valence-electron chi connectivity index (χ2n) is 2.88. The smallest absolute Gasteiger partial charge is 0.345 e. The maximum absolute atomic E-state index is 10.6. The Kier molecular flexibility index (Phi) is 2.13. The highest BCUT2D eigenvalue weighted by molar-refractivity contribution is 7.17. The highest BCUT2D eigenvalue weighted by Gasteiger charge is 2.10. The van der Waals surface area contributed by atoms with E-state index in [1.807, 2.05) is 19.1 Å². The predicted molar refractivity (Wildman–Crippen MR) is 53.7 cm³/mol. The van der Waals surface area contributed by atoms with Crippen LogP contribution in [-0.2, 0) is 0 Å². The van der Waals surface area contributed by atoms with Gasteiger partial charge in [0, 0.05) is 0 Å². The third-order valence-corrected chi connectivity index (χ3v) is 2.89. The normalized spacial score (nSPS) is 10.4. The zero-order valence-electron chi connectivity index (χ0n) is 7.48. The van der Waals surface area contributed by atoms with Crippen LogP contribution < -0.4 is 0 Å². The summed E-state index contributed by atoms with van der Waals surface area (Å²) < 4.78 is 5.38. The van der Waals surface area contributed by atoms with Gasteiger partial charge in [-0.15, -0.1) is 11.3 Å². The van der Waals surface area contributed by atoms with Crippen LogP contribution in [0.4, 0.5) is 0 Å². The largest absolute Gasteiger partial charge is 0.477 e. The number of rotatable bonds is 2. The van der Waals surface area contributed by atoms with Gasteiger partial charge in [0.25, 0.3) is 0 Å². The number of hydrogen-bond acceptors (Lipinski definition) is 3. The first-order valence-corrected chi connectivity index (χ1v) is 4.88. The standard InChI is InChI=1S/C10H8O3S/c1-6-2-3-7(13-6)8-4-5-9(14-8)10(11)12/h2-5H,1H3,(H,11,12). The van der Waals surface area contributed by atoms with E-state index in [1.54, 1.807) is 12.1 Å². The van der Waals surface area contributed by atoms with Gasteiger partial charge in [-0.1, -0.05) is 0 Å². The van der Waals surface area contributed by atoms with E-state index in [1.165, 1.54) is 11.3 Å². The van der Waals surface area contributed by atoms with Crippen LogP contribution in [0.1, 0.15) is 15.4 Å². The molecule has 0 amide bonds. The van der Waals surface area contributed by atoms with E-state index in [2.05, 4.69) is 0 Å². The van der Waals surface area contributed by atoms with Gasteiger partial charge in [0.1, 0.15) is 16.4 Å². The summed E-state index contributed by atoms with van der Waals surface area (Å²) in [5.74, 6) is 0.648. The lowest BCUT2D eigenvalue weighted by molar-refractivity contribution is 0.0702. The van der Waals surface area contributed by atoms with Gasteiger partial charge in [0.15, 0.2) is 0 Å². The molecule has 2 heterocycles. The van der Waals surface area contributed by atoms with Crippen LogP contribution in [0.15, 0.2) is 28.7 Å². The number of carboxylic acids is 1. The molecule has 0 aliphatic heterocycles. The van der Waals surface area contributed by atoms with Crippen molar-refractivity contribution in [1.82, 2.24) is 0 Å². The Morgan fingerprint density at radius 3 is 2.64 bits per heavy atom. The zero-order chi connectivity index (χ0) is 10.1. The van der Waals surface area contributed by atoms with Crippen LogP contribution in [0.5, 0.6) is 0 Å². The molecule has 1 N–H and O–H groups in total. The fourth-order valence-corrected chi connectivity index (χ4v) is 1.96. The molecular weight excluding hydrogens is 200 g/mol. The Bertz CT molecular complexity index is 467. The number of furan rings is 1. The summed E-state index contributed by atoms with van der Waals surface area (Å²) in [5.41, 5.74) is 0. The van der Waals surface area contributed by atoms with Crippen LogP contribution in [0, 0.1) is 6.92 Å². The molecule has 0 saturated carbocycles. The lowest BCUT2D eigenvalue weighted by atomic mass is 10.3. The van der Waals surface area contributed by atoms with Crippen molar-refractivity contribution in [3.63, 3.8) is 0 Å². The number of carboxylic acid groups (broad SMARTS) is 1. The fraction of sp³-hybridized carbons (Fsp3) is 0.100. The summed E-state index contributed by atoms with van der Waals surface area (Å²) in [6.45, 7) is 1.86. The maximum atomic E-state index is 10.6. The van der Waals surface area contributed by atoms with E-state index in [0.717, 1.165) is 16.4 Å². The highest BCUT2D eigenvalue weighted by Crippen LogP contribution is 2.29. The van der Waals surface area contributed by atoms with Crippen LogP contribution in [-0.4, -0.2) is 11.1 Å². The Morgan fingerprint density at radius 1 is 1.36 bits per heavy atom. The van der Waals surface area contributed by atoms with E-state index in [0.29, 0.717) is 4.88 Å². The monoisotopic (exact) mass is 208 g/mol. The molecule has 0 fully saturated rings. The minimum Gasteiger partial charge on any atom is -0.477 e. The van der Waals surface area contributed by atoms with Crippen LogP contribution in [0.3, 0.4) is 0 Å². The minimum atomic E-state index is -0.899. The first-order valence-electron chi connectivity index (χ1n) is 4.07. The summed E-state index contributed by atoms with van der Waals surface area (Å²) in [5, 5.41) is 8.73. The quantitative estimate of drug-likeness (QED) is 0.825. The molecule has 0 atom stereocenters. The van der Waals surface area contributed by atoms with Crippen LogP contribution in [0.25, 0.3) is 10.6 Å². The van der Waals surface area contributed by atoms with E-state index >= 15 is 0 Å². The van der Waals surface area contributed by atoms with Gasteiger partial charge in [-0.25, -0.2) is 4.79 Å². The molecule has 72 valence electrons. The molecule has 0 saturated heterocycles. The van der Waals surface area contributed by atoms with Gasteiger partial charge in [0.05, 0.1) is 4.88 Å². The molecule has 0 bridgehead atoms. The Labute approximate surface area is 84.6 Å². The third kappa shape index (κ3) is 1.56. The first kappa shape index (κ1) is 9.02. The molecule has 0 radical (unpaired) electrons. The van der Waals surface area contributed by atoms with Gasteiger partial charge in [-0.2, -0.15) is 0 Å². The first-order chi connectivity index (χ1) is 6.66. The molecule has 2 aromatic heterocycles. The molecule has 3 nitrogen and oxygen atoms in total. The Balaban J connectivity index is 2.38. The number of aryl methyl sites for hydroxylation is 1. The van der Waals surface area contributed by atoms with Crippen molar-refractivity contribution in [2.75, 3.05) is 0 Å². The lowest BCUT2D eigenvalue weighted by Crippen LogP contribution is -1.89. The third-order valence-electron chi connectivity index (χ3n) is 1.80. The van der Waals surface area contributed by atoms with Gasteiger partial charge >= 0.3 is 5.97 Å². The summed E-state index contributed by atoms with van der Waals surface area (Å²) in [7, 11) is 0. The molecule has 0 spiro atoms. The number of hydrogen-bond donors (Lipinski definition) is 1. The Morgan fingerprint density at radius 2 is 2.14 bits per heavy atom. The average molecular weight is 208 g/mol. The van der Waals surface area contributed by atoms with Crippen LogP contribution in [0.2, 0.25) is 0 Å². The number of carbonyl (C=O) groups is 1. The van der Waals surface area contributed by atoms with Gasteiger partial charge < -0.3 is 9.52 Å². The number of thiophene rings is 1. The molecule has 2 aromatic rings. The van der Waals surface area contributed by atoms with Crippen molar-refractivity contribution in [2.24, 2.45) is 0 Å². The summed E-state index contributed by atoms with van der Waals surface area (Å²) in [4.78, 5) is 11.8. The zero-order valence-corrected chi connectivity index (χ0v) is 8.30. The molecule has 14 heavy (non-hydrogen) atoms. The topological polar surface area (TPSA) is 50.4 Å². The molecule has 0 unspecified atom stereocenters. The van der Waals surface area contributed by atoms with Crippen molar-refractivity contribution in [3.8, 4) is 10.6 Å².